The Bertz CT molecular complexity index is 591. The van der Waals surface area contributed by atoms with E-state index in [-0.39, 0.29) is 11.8 Å². The van der Waals surface area contributed by atoms with Crippen molar-refractivity contribution in [3.63, 3.8) is 0 Å². The molecule has 0 aliphatic carbocycles. The highest BCUT2D eigenvalue weighted by molar-refractivity contribution is 7.88. The van der Waals surface area contributed by atoms with Crippen LogP contribution >= 0.6 is 11.3 Å². The molecule has 0 aliphatic heterocycles. The highest BCUT2D eigenvalue weighted by Gasteiger charge is 2.24. The van der Waals surface area contributed by atoms with E-state index in [2.05, 4.69) is 9.68 Å². The molecule has 5 nitrogen and oxygen atoms in total. The van der Waals surface area contributed by atoms with Crippen LogP contribution in [0, 0.1) is 0 Å². The van der Waals surface area contributed by atoms with E-state index in [1.165, 1.54) is 10.6 Å². The third-order valence-electron chi connectivity index (χ3n) is 2.99. The minimum absolute atomic E-state index is 0.0912. The second kappa shape index (κ2) is 5.85. The topological polar surface area (TPSA) is 63.4 Å². The van der Waals surface area contributed by atoms with Gasteiger partial charge in [-0.3, -0.25) is 0 Å². The fourth-order valence-corrected chi connectivity index (χ4v) is 3.78. The highest BCUT2D eigenvalue weighted by atomic mass is 32.2. The van der Waals surface area contributed by atoms with E-state index >= 15 is 0 Å². The van der Waals surface area contributed by atoms with Gasteiger partial charge in [0.1, 0.15) is 12.0 Å². The van der Waals surface area contributed by atoms with Gasteiger partial charge in [0, 0.05) is 19.2 Å². The number of likely N-dealkylation sites (N-methyl/N-ethyl adjacent to an activating group) is 1. The second-order valence-corrected chi connectivity index (χ2v) is 7.26. The van der Waals surface area contributed by atoms with Crippen molar-refractivity contribution in [2.24, 2.45) is 0 Å². The van der Waals surface area contributed by atoms with Gasteiger partial charge < -0.3 is 4.52 Å². The van der Waals surface area contributed by atoms with Crippen molar-refractivity contribution in [2.75, 3.05) is 7.05 Å². The molecule has 0 bridgehead atoms. The zero-order valence-electron chi connectivity index (χ0n) is 10.8. The van der Waals surface area contributed by atoms with E-state index in [1.54, 1.807) is 24.5 Å². The maximum Gasteiger partial charge on any atom is 0.219 e. The Balaban J connectivity index is 2.03. The summed E-state index contributed by atoms with van der Waals surface area (Å²) >= 11 is 1.61. The Hall–Kier alpha value is -1.18. The highest BCUT2D eigenvalue weighted by Crippen LogP contribution is 2.15. The van der Waals surface area contributed by atoms with Crippen LogP contribution in [0.25, 0.3) is 0 Å². The molecule has 0 saturated carbocycles. The molecule has 0 aliphatic rings. The quantitative estimate of drug-likeness (QED) is 0.820. The van der Waals surface area contributed by atoms with E-state index in [9.17, 15) is 8.42 Å². The largest absolute Gasteiger partial charge is 0.364 e. The van der Waals surface area contributed by atoms with Gasteiger partial charge in [0.25, 0.3) is 0 Å². The van der Waals surface area contributed by atoms with Crippen LogP contribution in [0.2, 0.25) is 0 Å². The van der Waals surface area contributed by atoms with Crippen LogP contribution in [0.15, 0.2) is 33.7 Å². The molecule has 0 spiro atoms. The standard InChI is InChI=1S/C12H16N2O3S2/c1-10(7-11-4-6-18-8-11)14(2)19(15,16)9-12-3-5-17-13-12/h3-6,8,10H,7,9H2,1-2H3. The Morgan fingerprint density at radius 1 is 1.47 bits per heavy atom. The predicted molar refractivity (Wildman–Crippen MR) is 74.4 cm³/mol. The van der Waals surface area contributed by atoms with Crippen molar-refractivity contribution >= 4 is 21.4 Å². The van der Waals surface area contributed by atoms with E-state index in [0.29, 0.717) is 12.1 Å². The Kier molecular flexibility index (Phi) is 4.38. The zero-order valence-corrected chi connectivity index (χ0v) is 12.4. The van der Waals surface area contributed by atoms with E-state index in [4.69, 9.17) is 0 Å². The van der Waals surface area contributed by atoms with Crippen LogP contribution in [0.3, 0.4) is 0 Å². The first-order chi connectivity index (χ1) is 8.99. The summed E-state index contributed by atoms with van der Waals surface area (Å²) in [6.07, 6.45) is 2.08. The van der Waals surface area contributed by atoms with Crippen LogP contribution in [0.4, 0.5) is 0 Å². The van der Waals surface area contributed by atoms with Gasteiger partial charge >= 0.3 is 0 Å². The second-order valence-electron chi connectivity index (χ2n) is 4.45. The van der Waals surface area contributed by atoms with Crippen LogP contribution in [0.5, 0.6) is 0 Å². The smallest absolute Gasteiger partial charge is 0.219 e. The molecule has 0 saturated heterocycles. The number of thiophene rings is 1. The molecule has 104 valence electrons. The van der Waals surface area contributed by atoms with E-state index in [0.717, 1.165) is 5.56 Å². The van der Waals surface area contributed by atoms with Crippen LogP contribution in [-0.4, -0.2) is 31.0 Å². The van der Waals surface area contributed by atoms with Gasteiger partial charge in [-0.25, -0.2) is 12.7 Å². The van der Waals surface area contributed by atoms with Gasteiger partial charge in [-0.2, -0.15) is 11.3 Å². The monoisotopic (exact) mass is 300 g/mol. The molecule has 2 aromatic rings. The van der Waals surface area contributed by atoms with Crippen molar-refractivity contribution in [2.45, 2.75) is 25.1 Å². The number of hydrogen-bond donors (Lipinski definition) is 0. The summed E-state index contributed by atoms with van der Waals surface area (Å²) in [6, 6.07) is 3.49. The lowest BCUT2D eigenvalue weighted by molar-refractivity contribution is 0.383. The normalized spacial score (nSPS) is 13.8. The SMILES string of the molecule is CC(Cc1ccsc1)N(C)S(=O)(=O)Cc1ccon1. The fraction of sp³-hybridized carbons (Fsp3) is 0.417. The summed E-state index contributed by atoms with van der Waals surface area (Å²) in [5.41, 5.74) is 1.58. The van der Waals surface area contributed by atoms with Crippen LogP contribution in [0.1, 0.15) is 18.2 Å². The molecule has 0 radical (unpaired) electrons. The lowest BCUT2D eigenvalue weighted by atomic mass is 10.1. The Labute approximate surface area is 116 Å². The summed E-state index contributed by atoms with van der Waals surface area (Å²) in [5, 5.41) is 7.67. The molecule has 2 aromatic heterocycles. The van der Waals surface area contributed by atoms with Crippen molar-refractivity contribution in [3.05, 3.63) is 40.4 Å². The summed E-state index contributed by atoms with van der Waals surface area (Å²) in [5.74, 6) is -0.131. The number of aromatic nitrogens is 1. The van der Waals surface area contributed by atoms with Crippen LogP contribution in [-0.2, 0) is 22.2 Å². The molecule has 0 N–H and O–H groups in total. The average molecular weight is 300 g/mol. The molecular formula is C12H16N2O3S2. The zero-order chi connectivity index (χ0) is 13.9. The van der Waals surface area contributed by atoms with E-state index < -0.39 is 10.0 Å². The molecule has 2 heterocycles. The first-order valence-corrected chi connectivity index (χ1v) is 8.40. The third kappa shape index (κ3) is 3.65. The molecule has 0 amide bonds. The van der Waals surface area contributed by atoms with Gasteiger partial charge in [-0.05, 0) is 35.7 Å². The van der Waals surface area contributed by atoms with Gasteiger partial charge in [0.2, 0.25) is 10.0 Å². The molecule has 7 heteroatoms. The van der Waals surface area contributed by atoms with Gasteiger partial charge in [-0.1, -0.05) is 5.16 Å². The number of hydrogen-bond acceptors (Lipinski definition) is 5. The number of nitrogens with zero attached hydrogens (tertiary/aromatic N) is 2. The van der Waals surface area contributed by atoms with Crippen molar-refractivity contribution in [1.29, 1.82) is 0 Å². The molecule has 0 aromatic carbocycles. The molecule has 1 unspecified atom stereocenters. The number of sulfonamides is 1. The lowest BCUT2D eigenvalue weighted by Gasteiger charge is -2.23. The summed E-state index contributed by atoms with van der Waals surface area (Å²) in [7, 11) is -1.77. The Morgan fingerprint density at radius 3 is 2.84 bits per heavy atom. The average Bonchev–Trinajstić information content (AvgIpc) is 3.00. The number of rotatable bonds is 6. The summed E-state index contributed by atoms with van der Waals surface area (Å²) < 4.78 is 30.5. The minimum atomic E-state index is -3.37. The van der Waals surface area contributed by atoms with Gasteiger partial charge in [0.15, 0.2) is 0 Å². The Morgan fingerprint density at radius 2 is 2.26 bits per heavy atom. The molecular weight excluding hydrogens is 284 g/mol. The van der Waals surface area contributed by atoms with Gasteiger partial charge in [-0.15, -0.1) is 0 Å². The fourth-order valence-electron chi connectivity index (χ4n) is 1.75. The van der Waals surface area contributed by atoms with Crippen molar-refractivity contribution in [3.8, 4) is 0 Å². The molecule has 2 rings (SSSR count). The van der Waals surface area contributed by atoms with E-state index in [1.807, 2.05) is 23.8 Å². The molecule has 19 heavy (non-hydrogen) atoms. The predicted octanol–water partition coefficient (Wildman–Crippen LogP) is 2.13. The molecule has 0 fully saturated rings. The minimum Gasteiger partial charge on any atom is -0.364 e. The summed E-state index contributed by atoms with van der Waals surface area (Å²) in [6.45, 7) is 1.90. The maximum atomic E-state index is 12.2. The maximum absolute atomic E-state index is 12.2. The molecule has 1 atom stereocenters. The van der Waals surface area contributed by atoms with Crippen molar-refractivity contribution < 1.29 is 12.9 Å². The van der Waals surface area contributed by atoms with Crippen LogP contribution < -0.4 is 0 Å². The first-order valence-electron chi connectivity index (χ1n) is 5.85. The first kappa shape index (κ1) is 14.2. The van der Waals surface area contributed by atoms with Gasteiger partial charge in [0.05, 0.1) is 5.69 Å². The lowest BCUT2D eigenvalue weighted by Crippen LogP contribution is -2.37. The summed E-state index contributed by atoms with van der Waals surface area (Å²) in [4.78, 5) is 0. The van der Waals surface area contributed by atoms with Crippen molar-refractivity contribution in [1.82, 2.24) is 9.46 Å². The third-order valence-corrected chi connectivity index (χ3v) is 5.62.